The Labute approximate surface area is 169 Å². The summed E-state index contributed by atoms with van der Waals surface area (Å²) in [4.78, 5) is 35.6. The van der Waals surface area contributed by atoms with Gasteiger partial charge in [0, 0.05) is 12.1 Å². The maximum atomic E-state index is 12.0. The van der Waals surface area contributed by atoms with Gasteiger partial charge in [0.15, 0.2) is 18.1 Å². The molecule has 0 aromatic heterocycles. The molecule has 0 fully saturated rings. The first-order chi connectivity index (χ1) is 13.9. The molecule has 0 aliphatic rings. The highest BCUT2D eigenvalue weighted by molar-refractivity contribution is 5.96. The van der Waals surface area contributed by atoms with Crippen LogP contribution in [0.2, 0.25) is 0 Å². The molecule has 0 aliphatic carbocycles. The van der Waals surface area contributed by atoms with E-state index in [0.717, 1.165) is 11.1 Å². The van der Waals surface area contributed by atoms with Crippen molar-refractivity contribution in [2.24, 2.45) is 0 Å². The summed E-state index contributed by atoms with van der Waals surface area (Å²) < 4.78 is 15.2. The molecule has 0 saturated carbocycles. The van der Waals surface area contributed by atoms with Gasteiger partial charge in [-0.2, -0.15) is 0 Å². The second kappa shape index (κ2) is 10.7. The van der Waals surface area contributed by atoms with Crippen LogP contribution in [0.1, 0.15) is 21.5 Å². The van der Waals surface area contributed by atoms with Gasteiger partial charge in [-0.05, 0) is 36.8 Å². The molecule has 2 aromatic carbocycles. The number of nitrogens with one attached hydrogen (secondary N) is 2. The molecule has 0 aliphatic heterocycles. The van der Waals surface area contributed by atoms with Crippen molar-refractivity contribution < 1.29 is 28.6 Å². The average Bonchev–Trinajstić information content (AvgIpc) is 2.74. The molecule has 29 heavy (non-hydrogen) atoms. The number of hydrogen-bond donors (Lipinski definition) is 2. The van der Waals surface area contributed by atoms with Crippen LogP contribution in [0.15, 0.2) is 42.5 Å². The zero-order valence-corrected chi connectivity index (χ0v) is 16.6. The van der Waals surface area contributed by atoms with Crippen LogP contribution in [0.25, 0.3) is 0 Å². The van der Waals surface area contributed by atoms with Crippen LogP contribution in [-0.2, 0) is 20.9 Å². The van der Waals surface area contributed by atoms with Crippen LogP contribution in [0.3, 0.4) is 0 Å². The molecule has 2 N–H and O–H groups in total. The third-order valence-electron chi connectivity index (χ3n) is 3.98. The third kappa shape index (κ3) is 6.84. The highest BCUT2D eigenvalue weighted by Crippen LogP contribution is 2.27. The fourth-order valence-electron chi connectivity index (χ4n) is 2.48. The number of aryl methyl sites for hydroxylation is 1. The summed E-state index contributed by atoms with van der Waals surface area (Å²) in [6, 6.07) is 12.2. The SMILES string of the molecule is COc1ccc(CNC(=O)COC(=O)CNC(=O)c2cccc(C)c2)cc1OC. The Kier molecular flexibility index (Phi) is 8.02. The van der Waals surface area contributed by atoms with Gasteiger partial charge in [0.05, 0.1) is 14.2 Å². The fraction of sp³-hybridized carbons (Fsp3) is 0.286. The molecule has 0 atom stereocenters. The van der Waals surface area contributed by atoms with Crippen molar-refractivity contribution in [3.8, 4) is 11.5 Å². The summed E-state index contributed by atoms with van der Waals surface area (Å²) in [5.41, 5.74) is 2.18. The lowest BCUT2D eigenvalue weighted by atomic mass is 10.1. The molecule has 2 amide bonds. The minimum atomic E-state index is -0.702. The van der Waals surface area contributed by atoms with Gasteiger partial charge in [-0.25, -0.2) is 0 Å². The zero-order chi connectivity index (χ0) is 21.2. The van der Waals surface area contributed by atoms with Crippen LogP contribution in [0, 0.1) is 6.92 Å². The maximum absolute atomic E-state index is 12.0. The number of hydrogen-bond acceptors (Lipinski definition) is 6. The standard InChI is InChI=1S/C21H24N2O6/c1-14-5-4-6-16(9-14)21(26)23-12-20(25)29-13-19(24)22-11-15-7-8-17(27-2)18(10-15)28-3/h4-10H,11-13H2,1-3H3,(H,22,24)(H,23,26). The Bertz CT molecular complexity index is 881. The molecule has 0 saturated heterocycles. The van der Waals surface area contributed by atoms with Crippen LogP contribution in [0.4, 0.5) is 0 Å². The van der Waals surface area contributed by atoms with Crippen molar-refractivity contribution in [2.45, 2.75) is 13.5 Å². The van der Waals surface area contributed by atoms with E-state index in [4.69, 9.17) is 14.2 Å². The van der Waals surface area contributed by atoms with E-state index in [1.807, 2.05) is 13.0 Å². The normalized spacial score (nSPS) is 10.0. The first kappa shape index (κ1) is 21.7. The fourth-order valence-corrected chi connectivity index (χ4v) is 2.48. The van der Waals surface area contributed by atoms with E-state index in [1.165, 1.54) is 14.2 Å². The Morgan fingerprint density at radius 1 is 0.931 bits per heavy atom. The molecule has 0 bridgehead atoms. The summed E-state index contributed by atoms with van der Waals surface area (Å²) in [6.07, 6.45) is 0. The van der Waals surface area contributed by atoms with Crippen LogP contribution < -0.4 is 20.1 Å². The van der Waals surface area contributed by atoms with Crippen LogP contribution in [0.5, 0.6) is 11.5 Å². The first-order valence-electron chi connectivity index (χ1n) is 8.91. The summed E-state index contributed by atoms with van der Waals surface area (Å²) in [5.74, 6) is -0.409. The number of carbonyl (C=O) groups is 3. The van der Waals surface area contributed by atoms with Crippen molar-refractivity contribution in [3.63, 3.8) is 0 Å². The quantitative estimate of drug-likeness (QED) is 0.620. The third-order valence-corrected chi connectivity index (χ3v) is 3.98. The van der Waals surface area contributed by atoms with Crippen molar-refractivity contribution in [1.29, 1.82) is 0 Å². The second-order valence-corrected chi connectivity index (χ2v) is 6.18. The van der Waals surface area contributed by atoms with Gasteiger partial charge in [-0.15, -0.1) is 0 Å². The van der Waals surface area contributed by atoms with E-state index < -0.39 is 18.5 Å². The van der Waals surface area contributed by atoms with Gasteiger partial charge in [-0.3, -0.25) is 14.4 Å². The van der Waals surface area contributed by atoms with Crippen molar-refractivity contribution in [2.75, 3.05) is 27.4 Å². The smallest absolute Gasteiger partial charge is 0.325 e. The predicted molar refractivity (Wildman–Crippen MR) is 106 cm³/mol. The second-order valence-electron chi connectivity index (χ2n) is 6.18. The Hall–Kier alpha value is -3.55. The topological polar surface area (TPSA) is 103 Å². The van der Waals surface area contributed by atoms with E-state index in [0.29, 0.717) is 17.1 Å². The van der Waals surface area contributed by atoms with E-state index >= 15 is 0 Å². The molecular weight excluding hydrogens is 376 g/mol. The van der Waals surface area contributed by atoms with Crippen LogP contribution >= 0.6 is 0 Å². The van der Waals surface area contributed by atoms with E-state index in [1.54, 1.807) is 36.4 Å². The van der Waals surface area contributed by atoms with Crippen LogP contribution in [-0.4, -0.2) is 45.2 Å². The number of esters is 1. The molecule has 0 unspecified atom stereocenters. The molecular formula is C21H24N2O6. The molecule has 0 spiro atoms. The number of rotatable bonds is 9. The number of ether oxygens (including phenoxy) is 3. The van der Waals surface area contributed by atoms with Crippen molar-refractivity contribution in [3.05, 3.63) is 59.2 Å². The summed E-state index contributed by atoms with van der Waals surface area (Å²) in [7, 11) is 3.06. The molecule has 8 nitrogen and oxygen atoms in total. The zero-order valence-electron chi connectivity index (χ0n) is 16.6. The van der Waals surface area contributed by atoms with E-state index in [9.17, 15) is 14.4 Å². The number of amides is 2. The van der Waals surface area contributed by atoms with Gasteiger partial charge in [0.1, 0.15) is 6.54 Å². The molecule has 0 heterocycles. The predicted octanol–water partition coefficient (Wildman–Crippen LogP) is 1.60. The lowest BCUT2D eigenvalue weighted by molar-refractivity contribution is -0.147. The Morgan fingerprint density at radius 2 is 1.69 bits per heavy atom. The Balaban J connectivity index is 1.72. The monoisotopic (exact) mass is 400 g/mol. The number of benzene rings is 2. The van der Waals surface area contributed by atoms with Gasteiger partial charge in [-0.1, -0.05) is 23.8 Å². The molecule has 154 valence electrons. The number of carbonyl (C=O) groups excluding carboxylic acids is 3. The molecule has 8 heteroatoms. The first-order valence-corrected chi connectivity index (χ1v) is 8.91. The van der Waals surface area contributed by atoms with Gasteiger partial charge in [0.25, 0.3) is 11.8 Å². The van der Waals surface area contributed by atoms with Gasteiger partial charge in [0.2, 0.25) is 0 Å². The maximum Gasteiger partial charge on any atom is 0.325 e. The van der Waals surface area contributed by atoms with E-state index in [2.05, 4.69) is 10.6 Å². The van der Waals surface area contributed by atoms with E-state index in [-0.39, 0.29) is 19.0 Å². The number of methoxy groups -OCH3 is 2. The lowest BCUT2D eigenvalue weighted by Gasteiger charge is -2.11. The highest BCUT2D eigenvalue weighted by atomic mass is 16.5. The summed E-state index contributed by atoms with van der Waals surface area (Å²) >= 11 is 0. The lowest BCUT2D eigenvalue weighted by Crippen LogP contribution is -2.33. The van der Waals surface area contributed by atoms with Crippen molar-refractivity contribution >= 4 is 17.8 Å². The van der Waals surface area contributed by atoms with Gasteiger partial charge >= 0.3 is 5.97 Å². The minimum Gasteiger partial charge on any atom is -0.493 e. The molecule has 0 radical (unpaired) electrons. The summed E-state index contributed by atoms with van der Waals surface area (Å²) in [6.45, 7) is 1.34. The largest absolute Gasteiger partial charge is 0.493 e. The van der Waals surface area contributed by atoms with Crippen molar-refractivity contribution in [1.82, 2.24) is 10.6 Å². The minimum absolute atomic E-state index is 0.237. The Morgan fingerprint density at radius 3 is 2.38 bits per heavy atom. The molecule has 2 rings (SSSR count). The average molecular weight is 400 g/mol. The van der Waals surface area contributed by atoms with Gasteiger partial charge < -0.3 is 24.8 Å². The molecule has 2 aromatic rings. The summed E-state index contributed by atoms with van der Waals surface area (Å²) in [5, 5.41) is 5.10. The highest BCUT2D eigenvalue weighted by Gasteiger charge is 2.11.